The molecule has 31 heavy (non-hydrogen) atoms. The van der Waals surface area contributed by atoms with E-state index in [1.165, 1.54) is 22.7 Å². The molecule has 9 heteroatoms. The van der Waals surface area contributed by atoms with Crippen LogP contribution in [-0.2, 0) is 10.0 Å². The van der Waals surface area contributed by atoms with Crippen molar-refractivity contribution in [3.63, 3.8) is 0 Å². The fourth-order valence-corrected chi connectivity index (χ4v) is 5.77. The van der Waals surface area contributed by atoms with Gasteiger partial charge in [0.15, 0.2) is 0 Å². The zero-order chi connectivity index (χ0) is 22.2. The Labute approximate surface area is 190 Å². The van der Waals surface area contributed by atoms with E-state index < -0.39 is 10.0 Å². The quantitative estimate of drug-likeness (QED) is 0.340. The van der Waals surface area contributed by atoms with E-state index in [2.05, 4.69) is 24.0 Å². The molecule has 6 nitrogen and oxygen atoms in total. The zero-order valence-electron chi connectivity index (χ0n) is 17.1. The Morgan fingerprint density at radius 2 is 1.84 bits per heavy atom. The molecule has 0 atom stereocenters. The van der Waals surface area contributed by atoms with Crippen molar-refractivity contribution in [2.75, 3.05) is 11.4 Å². The second-order valence-electron chi connectivity index (χ2n) is 7.27. The molecule has 4 aromatic rings. The summed E-state index contributed by atoms with van der Waals surface area (Å²) < 4.78 is 33.4. The van der Waals surface area contributed by atoms with Crippen LogP contribution in [0.3, 0.4) is 0 Å². The molecule has 0 aliphatic rings. The van der Waals surface area contributed by atoms with Gasteiger partial charge in [-0.2, -0.15) is 4.98 Å². The maximum atomic E-state index is 13.4. The summed E-state index contributed by atoms with van der Waals surface area (Å²) in [7, 11) is -2.29. The number of sulfonamides is 1. The highest BCUT2D eigenvalue weighted by molar-refractivity contribution is 7.93. The first-order valence-corrected chi connectivity index (χ1v) is 12.2. The van der Waals surface area contributed by atoms with Gasteiger partial charge in [0.1, 0.15) is 9.77 Å². The second-order valence-corrected chi connectivity index (χ2v) is 10.6. The van der Waals surface area contributed by atoms with Crippen LogP contribution in [0.4, 0.5) is 5.69 Å². The number of nitrogens with zero attached hydrogens (tertiary/aromatic N) is 3. The van der Waals surface area contributed by atoms with E-state index in [0.29, 0.717) is 32.9 Å². The highest BCUT2D eigenvalue weighted by Gasteiger charge is 2.28. The Hall–Kier alpha value is -2.68. The van der Waals surface area contributed by atoms with E-state index in [1.807, 2.05) is 24.3 Å². The standard InChI is InChI=1S/C22H20ClN3O3S2/c1-14(2)15-7-9-18(10-8-15)26(3)31(27,28)19-11-12-30-20(19)22-24-21(25-29-22)16-5-4-6-17(23)13-16/h4-14H,1-3H3. The lowest BCUT2D eigenvalue weighted by Crippen LogP contribution is -2.26. The third kappa shape index (κ3) is 4.23. The zero-order valence-corrected chi connectivity index (χ0v) is 19.5. The molecule has 2 aromatic carbocycles. The lowest BCUT2D eigenvalue weighted by Gasteiger charge is -2.20. The molecule has 4 rings (SSSR count). The Morgan fingerprint density at radius 3 is 2.52 bits per heavy atom. The molecular formula is C22H20ClN3O3S2. The minimum atomic E-state index is -3.83. The number of hydrogen-bond acceptors (Lipinski definition) is 6. The van der Waals surface area contributed by atoms with E-state index in [0.717, 1.165) is 5.56 Å². The van der Waals surface area contributed by atoms with Crippen LogP contribution in [-0.4, -0.2) is 25.6 Å². The van der Waals surface area contributed by atoms with Crippen molar-refractivity contribution in [2.24, 2.45) is 0 Å². The van der Waals surface area contributed by atoms with Gasteiger partial charge in [0.25, 0.3) is 15.9 Å². The number of aromatic nitrogens is 2. The predicted octanol–water partition coefficient (Wildman–Crippen LogP) is 6.07. The van der Waals surface area contributed by atoms with Gasteiger partial charge in [0.05, 0.1) is 5.69 Å². The minimum absolute atomic E-state index is 0.120. The molecule has 0 radical (unpaired) electrons. The van der Waals surface area contributed by atoms with Gasteiger partial charge in [-0.15, -0.1) is 11.3 Å². The van der Waals surface area contributed by atoms with Crippen LogP contribution >= 0.6 is 22.9 Å². The monoisotopic (exact) mass is 473 g/mol. The lowest BCUT2D eigenvalue weighted by atomic mass is 10.0. The Morgan fingerprint density at radius 1 is 1.10 bits per heavy atom. The smallest absolute Gasteiger partial charge is 0.269 e. The first-order valence-electron chi connectivity index (χ1n) is 9.54. The van der Waals surface area contributed by atoms with E-state index >= 15 is 0 Å². The minimum Gasteiger partial charge on any atom is -0.333 e. The Kier molecular flexibility index (Phi) is 5.88. The van der Waals surface area contributed by atoms with Crippen molar-refractivity contribution < 1.29 is 12.9 Å². The molecule has 0 bridgehead atoms. The first kappa shape index (κ1) is 21.5. The first-order chi connectivity index (χ1) is 14.8. The summed E-state index contributed by atoms with van der Waals surface area (Å²) in [6.07, 6.45) is 0. The summed E-state index contributed by atoms with van der Waals surface area (Å²) >= 11 is 7.27. The molecule has 2 heterocycles. The SMILES string of the molecule is CC(C)c1ccc(N(C)S(=O)(=O)c2ccsc2-c2nc(-c3cccc(Cl)c3)no2)cc1. The number of rotatable bonds is 6. The molecule has 0 saturated carbocycles. The van der Waals surface area contributed by atoms with Gasteiger partial charge in [-0.3, -0.25) is 4.31 Å². The molecule has 0 aliphatic carbocycles. The van der Waals surface area contributed by atoms with Crippen molar-refractivity contribution in [1.82, 2.24) is 10.1 Å². The summed E-state index contributed by atoms with van der Waals surface area (Å²) in [5.74, 6) is 0.852. The van der Waals surface area contributed by atoms with Gasteiger partial charge in [0.2, 0.25) is 5.82 Å². The topological polar surface area (TPSA) is 76.3 Å². The fraction of sp³-hybridized carbons (Fsp3) is 0.182. The van der Waals surface area contributed by atoms with Gasteiger partial charge in [-0.25, -0.2) is 8.42 Å². The summed E-state index contributed by atoms with van der Waals surface area (Å²) in [6, 6.07) is 16.1. The third-order valence-electron chi connectivity index (χ3n) is 4.89. The highest BCUT2D eigenvalue weighted by atomic mass is 35.5. The van der Waals surface area contributed by atoms with Crippen LogP contribution in [0.1, 0.15) is 25.3 Å². The Balaban J connectivity index is 1.67. The van der Waals surface area contributed by atoms with Crippen LogP contribution in [0.15, 0.2) is 69.4 Å². The predicted molar refractivity (Wildman–Crippen MR) is 124 cm³/mol. The highest BCUT2D eigenvalue weighted by Crippen LogP contribution is 2.35. The van der Waals surface area contributed by atoms with Crippen molar-refractivity contribution in [3.8, 4) is 22.2 Å². The molecule has 0 N–H and O–H groups in total. The van der Waals surface area contributed by atoms with Gasteiger partial charge >= 0.3 is 0 Å². The van der Waals surface area contributed by atoms with Crippen molar-refractivity contribution in [1.29, 1.82) is 0 Å². The summed E-state index contributed by atoms with van der Waals surface area (Å²) in [5, 5.41) is 6.23. The number of halogens is 1. The Bertz CT molecular complexity index is 1310. The molecule has 0 aliphatic heterocycles. The van der Waals surface area contributed by atoms with Gasteiger partial charge < -0.3 is 4.52 Å². The van der Waals surface area contributed by atoms with Crippen LogP contribution in [0, 0.1) is 0 Å². The number of benzene rings is 2. The molecule has 0 fully saturated rings. The molecule has 0 saturated heterocycles. The summed E-state index contributed by atoms with van der Waals surface area (Å²) in [6.45, 7) is 4.18. The van der Waals surface area contributed by atoms with Gasteiger partial charge in [-0.05, 0) is 47.2 Å². The average molecular weight is 474 g/mol. The maximum Gasteiger partial charge on any atom is 0.269 e. The summed E-state index contributed by atoms with van der Waals surface area (Å²) in [5.41, 5.74) is 2.41. The molecule has 2 aromatic heterocycles. The van der Waals surface area contributed by atoms with Crippen LogP contribution in [0.5, 0.6) is 0 Å². The van der Waals surface area contributed by atoms with E-state index in [-0.39, 0.29) is 10.8 Å². The molecule has 160 valence electrons. The molecular weight excluding hydrogens is 454 g/mol. The van der Waals surface area contributed by atoms with Gasteiger partial charge in [-0.1, -0.05) is 54.9 Å². The number of thiophene rings is 1. The molecule has 0 unspecified atom stereocenters. The molecule has 0 amide bonds. The second kappa shape index (κ2) is 8.45. The van der Waals surface area contributed by atoms with E-state index in [9.17, 15) is 8.42 Å². The van der Waals surface area contributed by atoms with E-state index in [1.54, 1.807) is 35.7 Å². The number of hydrogen-bond donors (Lipinski definition) is 0. The average Bonchev–Trinajstić information content (AvgIpc) is 3.43. The van der Waals surface area contributed by atoms with Crippen LogP contribution < -0.4 is 4.31 Å². The van der Waals surface area contributed by atoms with Crippen LogP contribution in [0.2, 0.25) is 5.02 Å². The van der Waals surface area contributed by atoms with Crippen molar-refractivity contribution >= 4 is 38.6 Å². The third-order valence-corrected chi connectivity index (χ3v) is 7.99. The van der Waals surface area contributed by atoms with Gasteiger partial charge in [0, 0.05) is 17.6 Å². The fourth-order valence-electron chi connectivity index (χ4n) is 3.07. The summed E-state index contributed by atoms with van der Waals surface area (Å²) in [4.78, 5) is 4.91. The largest absolute Gasteiger partial charge is 0.333 e. The van der Waals surface area contributed by atoms with Crippen molar-refractivity contribution in [2.45, 2.75) is 24.7 Å². The van der Waals surface area contributed by atoms with E-state index in [4.69, 9.17) is 16.1 Å². The number of anilines is 1. The van der Waals surface area contributed by atoms with Crippen molar-refractivity contribution in [3.05, 3.63) is 70.6 Å². The molecule has 0 spiro atoms. The normalized spacial score (nSPS) is 11.8. The van der Waals surface area contributed by atoms with Crippen LogP contribution in [0.25, 0.3) is 22.2 Å². The maximum absolute atomic E-state index is 13.4. The lowest BCUT2D eigenvalue weighted by molar-refractivity contribution is 0.432.